The van der Waals surface area contributed by atoms with Crippen molar-refractivity contribution in [3.63, 3.8) is 0 Å². The number of hydrogen-bond acceptors (Lipinski definition) is 6. The molecule has 0 N–H and O–H groups in total. The van der Waals surface area contributed by atoms with Gasteiger partial charge >= 0.3 is 5.97 Å². The average Bonchev–Trinajstić information content (AvgIpc) is 3.06. The van der Waals surface area contributed by atoms with Crippen molar-refractivity contribution in [3.05, 3.63) is 50.8 Å². The van der Waals surface area contributed by atoms with E-state index in [4.69, 9.17) is 25.8 Å². The van der Waals surface area contributed by atoms with E-state index in [-0.39, 0.29) is 22.4 Å². The molecule has 0 spiro atoms. The summed E-state index contributed by atoms with van der Waals surface area (Å²) < 4.78 is 17.7. The molecule has 2 aliphatic heterocycles. The molecule has 1 aromatic heterocycles. The minimum atomic E-state index is -0.640. The molecule has 3 heterocycles. The zero-order valence-corrected chi connectivity index (χ0v) is 19.0. The van der Waals surface area contributed by atoms with Crippen molar-refractivity contribution < 1.29 is 19.0 Å². The molecule has 7 nitrogen and oxygen atoms in total. The van der Waals surface area contributed by atoms with E-state index in [2.05, 4.69) is 18.9 Å². The number of ether oxygens (including phenoxy) is 3. The molecule has 1 saturated heterocycles. The molecule has 2 aliphatic rings. The van der Waals surface area contributed by atoms with Crippen LogP contribution in [0.5, 0.6) is 5.75 Å². The molecular weight excluding hydrogens is 420 g/mol. The van der Waals surface area contributed by atoms with E-state index in [1.165, 1.54) is 13.2 Å². The molecule has 0 amide bonds. The first-order valence-electron chi connectivity index (χ1n) is 10.4. The maximum atomic E-state index is 12.7. The zero-order valence-electron chi connectivity index (χ0n) is 18.2. The lowest BCUT2D eigenvalue weighted by atomic mass is 9.78. The standard InChI is InChI=1S/C23H27ClN2O5/c1-23(2)6-7-25-21(23)15-11-20(31-9-5-8-29-3)17(24)10-14(15)18-12-19(27)16(13-26(18)25)22(28)30-4/h10-13,21H,5-9H2,1-4H3/t21-/m0/s1. The number of rotatable bonds is 6. The second-order valence-electron chi connectivity index (χ2n) is 8.64. The highest BCUT2D eigenvalue weighted by Gasteiger charge is 2.46. The third-order valence-electron chi connectivity index (χ3n) is 6.16. The second kappa shape index (κ2) is 8.20. The fourth-order valence-electron chi connectivity index (χ4n) is 4.60. The van der Waals surface area contributed by atoms with Crippen LogP contribution in [-0.4, -0.2) is 44.6 Å². The summed E-state index contributed by atoms with van der Waals surface area (Å²) in [7, 11) is 2.94. The molecular formula is C23H27ClN2O5. The summed E-state index contributed by atoms with van der Waals surface area (Å²) in [6.07, 6.45) is 3.31. The predicted octanol–water partition coefficient (Wildman–Crippen LogP) is 3.79. The fourth-order valence-corrected chi connectivity index (χ4v) is 4.82. The molecule has 0 aliphatic carbocycles. The molecule has 1 fully saturated rings. The molecule has 8 heteroatoms. The number of methoxy groups -OCH3 is 2. The van der Waals surface area contributed by atoms with Gasteiger partial charge in [0.1, 0.15) is 11.3 Å². The number of esters is 1. The molecule has 1 aromatic carbocycles. The largest absolute Gasteiger partial charge is 0.492 e. The second-order valence-corrected chi connectivity index (χ2v) is 9.05. The first kappa shape index (κ1) is 21.7. The Morgan fingerprint density at radius 1 is 1.23 bits per heavy atom. The molecule has 0 bridgehead atoms. The van der Waals surface area contributed by atoms with Crippen LogP contribution in [-0.2, 0) is 9.47 Å². The van der Waals surface area contributed by atoms with E-state index in [0.717, 1.165) is 30.5 Å². The Balaban J connectivity index is 1.86. The highest BCUT2D eigenvalue weighted by molar-refractivity contribution is 6.32. The summed E-state index contributed by atoms with van der Waals surface area (Å²) in [5.41, 5.74) is 2.26. The number of benzene rings is 1. The molecule has 1 atom stereocenters. The minimum absolute atomic E-state index is 0.0161. The van der Waals surface area contributed by atoms with Gasteiger partial charge in [-0.15, -0.1) is 0 Å². The minimum Gasteiger partial charge on any atom is -0.492 e. The first-order valence-corrected chi connectivity index (χ1v) is 10.7. The Kier molecular flexibility index (Phi) is 5.75. The summed E-state index contributed by atoms with van der Waals surface area (Å²) in [6.45, 7) is 6.36. The van der Waals surface area contributed by atoms with Crippen molar-refractivity contribution in [1.82, 2.24) is 4.68 Å². The summed E-state index contributed by atoms with van der Waals surface area (Å²) in [5, 5.41) is 2.68. The summed E-state index contributed by atoms with van der Waals surface area (Å²) in [5.74, 6) is -0.0138. The Morgan fingerprint density at radius 2 is 2.00 bits per heavy atom. The van der Waals surface area contributed by atoms with E-state index in [1.54, 1.807) is 13.3 Å². The van der Waals surface area contributed by atoms with Crippen LogP contribution in [0.15, 0.2) is 29.2 Å². The van der Waals surface area contributed by atoms with Crippen molar-refractivity contribution >= 4 is 17.6 Å². The van der Waals surface area contributed by atoms with Gasteiger partial charge in [-0.2, -0.15) is 0 Å². The van der Waals surface area contributed by atoms with Crippen LogP contribution in [0.3, 0.4) is 0 Å². The maximum Gasteiger partial charge on any atom is 0.343 e. The van der Waals surface area contributed by atoms with Crippen LogP contribution in [0.25, 0.3) is 11.3 Å². The topological polar surface area (TPSA) is 70.0 Å². The lowest BCUT2D eigenvalue weighted by Crippen LogP contribution is -2.42. The first-order chi connectivity index (χ1) is 14.8. The van der Waals surface area contributed by atoms with Gasteiger partial charge in [0.2, 0.25) is 0 Å². The number of pyridine rings is 1. The number of carbonyl (C=O) groups is 1. The quantitative estimate of drug-likeness (QED) is 0.496. The van der Waals surface area contributed by atoms with Crippen molar-refractivity contribution in [1.29, 1.82) is 0 Å². The van der Waals surface area contributed by atoms with E-state index in [9.17, 15) is 9.59 Å². The molecule has 31 heavy (non-hydrogen) atoms. The Hall–Kier alpha value is -2.51. The van der Waals surface area contributed by atoms with Crippen LogP contribution >= 0.6 is 11.6 Å². The van der Waals surface area contributed by atoms with E-state index < -0.39 is 5.97 Å². The van der Waals surface area contributed by atoms with Gasteiger partial charge in [-0.3, -0.25) is 9.47 Å². The van der Waals surface area contributed by atoms with E-state index >= 15 is 0 Å². The smallest absolute Gasteiger partial charge is 0.343 e. The number of fused-ring (bicyclic) bond motifs is 6. The number of halogens is 1. The van der Waals surface area contributed by atoms with Gasteiger partial charge < -0.3 is 19.2 Å². The number of hydrogen-bond donors (Lipinski definition) is 0. The SMILES string of the molecule is COCCCOc1cc2c(cc1Cl)-c1cc(=O)c(C(=O)OC)cn1N1CCC(C)(C)[C@H]21. The number of nitrogens with zero attached hydrogens (tertiary/aromatic N) is 2. The Labute approximate surface area is 186 Å². The van der Waals surface area contributed by atoms with E-state index in [1.807, 2.05) is 16.8 Å². The van der Waals surface area contributed by atoms with Gasteiger partial charge in [0.15, 0.2) is 5.43 Å². The van der Waals surface area contributed by atoms with Crippen molar-refractivity contribution in [2.45, 2.75) is 32.7 Å². The summed E-state index contributed by atoms with van der Waals surface area (Å²) >= 11 is 6.57. The van der Waals surface area contributed by atoms with Gasteiger partial charge in [0.05, 0.1) is 30.5 Å². The average molecular weight is 447 g/mol. The number of carbonyl (C=O) groups excluding carboxylic acids is 1. The normalized spacial score (nSPS) is 18.2. The van der Waals surface area contributed by atoms with Crippen molar-refractivity contribution in [3.8, 4) is 17.0 Å². The third-order valence-corrected chi connectivity index (χ3v) is 6.46. The predicted molar refractivity (Wildman–Crippen MR) is 119 cm³/mol. The highest BCUT2D eigenvalue weighted by Crippen LogP contribution is 2.52. The number of aromatic nitrogens is 1. The zero-order chi connectivity index (χ0) is 22.3. The van der Waals surface area contributed by atoms with Crippen LogP contribution in [0.2, 0.25) is 5.02 Å². The summed E-state index contributed by atoms with van der Waals surface area (Å²) in [6, 6.07) is 5.39. The van der Waals surface area contributed by atoms with Crippen LogP contribution < -0.4 is 15.2 Å². The molecule has 2 aromatic rings. The Morgan fingerprint density at radius 3 is 2.71 bits per heavy atom. The van der Waals surface area contributed by atoms with Crippen LogP contribution in [0.1, 0.15) is 48.7 Å². The van der Waals surface area contributed by atoms with Gasteiger partial charge in [0, 0.05) is 44.5 Å². The molecule has 0 radical (unpaired) electrons. The van der Waals surface area contributed by atoms with Gasteiger partial charge in [-0.05, 0) is 29.5 Å². The van der Waals surface area contributed by atoms with E-state index in [0.29, 0.717) is 29.7 Å². The van der Waals surface area contributed by atoms with Crippen molar-refractivity contribution in [2.24, 2.45) is 5.41 Å². The van der Waals surface area contributed by atoms with Gasteiger partial charge in [0.25, 0.3) is 0 Å². The van der Waals surface area contributed by atoms with Crippen LogP contribution in [0, 0.1) is 5.41 Å². The van der Waals surface area contributed by atoms with Crippen LogP contribution in [0.4, 0.5) is 0 Å². The third kappa shape index (κ3) is 3.70. The van der Waals surface area contributed by atoms with Crippen molar-refractivity contribution in [2.75, 3.05) is 39.0 Å². The summed E-state index contributed by atoms with van der Waals surface area (Å²) in [4.78, 5) is 24.8. The lowest BCUT2D eigenvalue weighted by Gasteiger charge is -2.42. The molecule has 166 valence electrons. The van der Waals surface area contributed by atoms with Gasteiger partial charge in [-0.1, -0.05) is 25.4 Å². The van der Waals surface area contributed by atoms with Gasteiger partial charge in [-0.25, -0.2) is 4.79 Å². The fraction of sp³-hybridized carbons (Fsp3) is 0.478. The maximum absolute atomic E-state index is 12.7. The highest BCUT2D eigenvalue weighted by atomic mass is 35.5. The molecule has 0 unspecified atom stereocenters. The lowest BCUT2D eigenvalue weighted by molar-refractivity contribution is 0.0598. The molecule has 4 rings (SSSR count). The Bertz CT molecular complexity index is 1080. The monoisotopic (exact) mass is 446 g/mol. The molecule has 0 saturated carbocycles.